The van der Waals surface area contributed by atoms with Crippen LogP contribution in [0.15, 0.2) is 100 Å². The number of alkyl halides is 3. The molecule has 1 aromatic heterocycles. The topological polar surface area (TPSA) is 62.9 Å². The molecule has 41 heavy (non-hydrogen) atoms. The quantitative estimate of drug-likeness (QED) is 0.208. The van der Waals surface area contributed by atoms with Crippen LogP contribution in [0.4, 0.5) is 13.2 Å². The zero-order valence-corrected chi connectivity index (χ0v) is 22.5. The molecular formula is C33H28F3NO4. The number of halogens is 3. The maximum atomic E-state index is 14.3. The molecule has 0 saturated carbocycles. The Labute approximate surface area is 235 Å². The highest BCUT2D eigenvalue weighted by molar-refractivity contribution is 5.83. The van der Waals surface area contributed by atoms with E-state index in [-0.39, 0.29) is 34.6 Å². The van der Waals surface area contributed by atoms with Crippen molar-refractivity contribution >= 4 is 11.0 Å². The van der Waals surface area contributed by atoms with Gasteiger partial charge in [0.2, 0.25) is 11.2 Å². The normalized spacial score (nSPS) is 11.8. The fourth-order valence-electron chi connectivity index (χ4n) is 4.90. The van der Waals surface area contributed by atoms with Crippen molar-refractivity contribution < 1.29 is 27.4 Å². The molecule has 1 heterocycles. The maximum absolute atomic E-state index is 14.3. The Hall–Kier alpha value is -4.56. The van der Waals surface area contributed by atoms with Crippen LogP contribution in [0, 0.1) is 13.8 Å². The Morgan fingerprint density at radius 2 is 1.37 bits per heavy atom. The molecule has 1 N–H and O–H groups in total. The zero-order chi connectivity index (χ0) is 29.1. The van der Waals surface area contributed by atoms with Gasteiger partial charge < -0.3 is 14.3 Å². The third-order valence-electron chi connectivity index (χ3n) is 6.65. The third-order valence-corrected chi connectivity index (χ3v) is 6.65. The van der Waals surface area contributed by atoms with E-state index < -0.39 is 23.1 Å². The minimum absolute atomic E-state index is 0.0183. The van der Waals surface area contributed by atoms with E-state index in [1.807, 2.05) is 71.6 Å². The average molecular weight is 560 g/mol. The van der Waals surface area contributed by atoms with Crippen molar-refractivity contribution in [2.24, 2.45) is 0 Å². The molecule has 0 bridgehead atoms. The molecule has 0 amide bonds. The predicted octanol–water partition coefficient (Wildman–Crippen LogP) is 8.13. The summed E-state index contributed by atoms with van der Waals surface area (Å²) in [6.07, 6.45) is -5.03. The molecule has 5 rings (SSSR count). The molecule has 0 aliphatic rings. The fourth-order valence-corrected chi connectivity index (χ4v) is 4.90. The lowest BCUT2D eigenvalue weighted by atomic mass is 10.1. The molecular weight excluding hydrogens is 531 g/mol. The number of hydrogen-bond acceptors (Lipinski definition) is 5. The number of ether oxygens (including phenoxy) is 1. The first-order valence-corrected chi connectivity index (χ1v) is 13.0. The standard InChI is InChI=1S/C33H28F3NO4/c1-21-15-22(2)17-25(16-21)40-31-29(39)26-13-14-28(38)27(30(26)41-32(31)33(34,35)36)20-37(18-23-9-5-3-6-10-23)19-24-11-7-4-8-12-24/h3-17,38H,18-20H2,1-2H3. The number of phenolic OH excluding ortho intramolecular Hbond substituents is 1. The number of nitrogens with zero attached hydrogens (tertiary/aromatic N) is 1. The van der Waals surface area contributed by atoms with Crippen molar-refractivity contribution in [3.05, 3.63) is 135 Å². The molecule has 0 atom stereocenters. The van der Waals surface area contributed by atoms with E-state index in [0.717, 1.165) is 22.3 Å². The van der Waals surface area contributed by atoms with Gasteiger partial charge in [0.1, 0.15) is 17.1 Å². The summed E-state index contributed by atoms with van der Waals surface area (Å²) >= 11 is 0. The Kier molecular flexibility index (Phi) is 7.85. The Bertz CT molecular complexity index is 1670. The molecule has 0 unspecified atom stereocenters. The number of benzene rings is 4. The molecule has 0 radical (unpaired) electrons. The van der Waals surface area contributed by atoms with Crippen LogP contribution >= 0.6 is 0 Å². The molecule has 0 fully saturated rings. The number of phenols is 1. The summed E-state index contributed by atoms with van der Waals surface area (Å²) in [5.74, 6) is -2.69. The number of hydrogen-bond donors (Lipinski definition) is 1. The van der Waals surface area contributed by atoms with Gasteiger partial charge in [0.15, 0.2) is 0 Å². The van der Waals surface area contributed by atoms with E-state index in [4.69, 9.17) is 9.15 Å². The number of rotatable bonds is 8. The minimum atomic E-state index is -5.03. The van der Waals surface area contributed by atoms with Gasteiger partial charge in [0, 0.05) is 19.6 Å². The van der Waals surface area contributed by atoms with E-state index in [2.05, 4.69) is 0 Å². The van der Waals surface area contributed by atoms with E-state index in [1.165, 1.54) is 12.1 Å². The Balaban J connectivity index is 1.62. The lowest BCUT2D eigenvalue weighted by Gasteiger charge is -2.24. The summed E-state index contributed by atoms with van der Waals surface area (Å²) in [5, 5.41) is 10.7. The van der Waals surface area contributed by atoms with E-state index in [9.17, 15) is 23.1 Å². The van der Waals surface area contributed by atoms with Crippen LogP contribution in [0.2, 0.25) is 0 Å². The molecule has 4 aromatic carbocycles. The summed E-state index contributed by atoms with van der Waals surface area (Å²) in [4.78, 5) is 15.5. The van der Waals surface area contributed by atoms with Gasteiger partial charge in [0.25, 0.3) is 5.76 Å². The molecule has 210 valence electrons. The molecule has 5 aromatic rings. The first-order chi connectivity index (χ1) is 19.6. The monoisotopic (exact) mass is 559 g/mol. The van der Waals surface area contributed by atoms with Gasteiger partial charge in [-0.05, 0) is 60.4 Å². The smallest absolute Gasteiger partial charge is 0.453 e. The van der Waals surface area contributed by atoms with Crippen molar-refractivity contribution in [3.8, 4) is 17.2 Å². The largest absolute Gasteiger partial charge is 0.507 e. The lowest BCUT2D eigenvalue weighted by Crippen LogP contribution is -2.23. The van der Waals surface area contributed by atoms with Crippen molar-refractivity contribution in [2.75, 3.05) is 0 Å². The Morgan fingerprint density at radius 1 is 0.805 bits per heavy atom. The number of aromatic hydroxyl groups is 1. The first kappa shape index (κ1) is 28.0. The van der Waals surface area contributed by atoms with Crippen molar-refractivity contribution in [2.45, 2.75) is 39.7 Å². The predicted molar refractivity (Wildman–Crippen MR) is 151 cm³/mol. The fraction of sp³-hybridized carbons (Fsp3) is 0.182. The van der Waals surface area contributed by atoms with Gasteiger partial charge in [-0.3, -0.25) is 9.69 Å². The second kappa shape index (κ2) is 11.5. The van der Waals surface area contributed by atoms with Gasteiger partial charge in [-0.2, -0.15) is 13.2 Å². The molecule has 0 saturated heterocycles. The van der Waals surface area contributed by atoms with E-state index in [1.54, 1.807) is 26.0 Å². The second-order valence-electron chi connectivity index (χ2n) is 10.1. The summed E-state index contributed by atoms with van der Waals surface area (Å²) in [6.45, 7) is 4.45. The number of fused-ring (bicyclic) bond motifs is 1. The van der Waals surface area contributed by atoms with Crippen LogP contribution in [-0.4, -0.2) is 10.0 Å². The van der Waals surface area contributed by atoms with E-state index in [0.29, 0.717) is 13.1 Å². The first-order valence-electron chi connectivity index (χ1n) is 13.0. The summed E-state index contributed by atoms with van der Waals surface area (Å²) in [6, 6.07) is 26.7. The Morgan fingerprint density at radius 3 is 1.90 bits per heavy atom. The summed E-state index contributed by atoms with van der Waals surface area (Å²) < 4.78 is 53.9. The highest BCUT2D eigenvalue weighted by Gasteiger charge is 2.41. The second-order valence-corrected chi connectivity index (χ2v) is 10.1. The van der Waals surface area contributed by atoms with Gasteiger partial charge in [-0.1, -0.05) is 66.7 Å². The van der Waals surface area contributed by atoms with Crippen molar-refractivity contribution in [1.82, 2.24) is 4.90 Å². The third kappa shape index (κ3) is 6.44. The summed E-state index contributed by atoms with van der Waals surface area (Å²) in [7, 11) is 0. The van der Waals surface area contributed by atoms with Gasteiger partial charge in [-0.15, -0.1) is 0 Å². The van der Waals surface area contributed by atoms with Crippen LogP contribution in [0.5, 0.6) is 17.2 Å². The molecule has 8 heteroatoms. The maximum Gasteiger partial charge on any atom is 0.453 e. The average Bonchev–Trinajstić information content (AvgIpc) is 2.91. The molecule has 0 spiro atoms. The summed E-state index contributed by atoms with van der Waals surface area (Å²) in [5.41, 5.74) is 2.26. The highest BCUT2D eigenvalue weighted by Crippen LogP contribution is 2.40. The highest BCUT2D eigenvalue weighted by atomic mass is 19.4. The van der Waals surface area contributed by atoms with Crippen LogP contribution in [0.3, 0.4) is 0 Å². The van der Waals surface area contributed by atoms with Crippen LogP contribution in [-0.2, 0) is 25.8 Å². The number of aryl methyl sites for hydroxylation is 2. The van der Waals surface area contributed by atoms with Crippen LogP contribution in [0.1, 0.15) is 33.6 Å². The minimum Gasteiger partial charge on any atom is -0.507 e. The van der Waals surface area contributed by atoms with Crippen LogP contribution < -0.4 is 10.2 Å². The SMILES string of the molecule is Cc1cc(C)cc(Oc2c(C(F)(F)F)oc3c(CN(Cc4ccccc4)Cc4ccccc4)c(O)ccc3c2=O)c1. The zero-order valence-electron chi connectivity index (χ0n) is 22.5. The van der Waals surface area contributed by atoms with Gasteiger partial charge in [0.05, 0.1) is 10.9 Å². The molecule has 0 aliphatic heterocycles. The van der Waals surface area contributed by atoms with Crippen molar-refractivity contribution in [3.63, 3.8) is 0 Å². The van der Waals surface area contributed by atoms with Crippen LogP contribution in [0.25, 0.3) is 11.0 Å². The molecule has 5 nitrogen and oxygen atoms in total. The van der Waals surface area contributed by atoms with Gasteiger partial charge in [-0.25, -0.2) is 0 Å². The lowest BCUT2D eigenvalue weighted by molar-refractivity contribution is -0.154. The van der Waals surface area contributed by atoms with Gasteiger partial charge >= 0.3 is 6.18 Å². The molecule has 0 aliphatic carbocycles. The van der Waals surface area contributed by atoms with E-state index >= 15 is 0 Å². The van der Waals surface area contributed by atoms with Crippen molar-refractivity contribution in [1.29, 1.82) is 0 Å².